The first-order valence-corrected chi connectivity index (χ1v) is 8.10. The van der Waals surface area contributed by atoms with Gasteiger partial charge in [0.2, 0.25) is 0 Å². The highest BCUT2D eigenvalue weighted by atomic mass is 32.1. The molecule has 0 fully saturated rings. The number of rotatable bonds is 6. The average molecular weight is 296 g/mol. The van der Waals surface area contributed by atoms with E-state index in [1.165, 1.54) is 15.6 Å². The molecule has 0 radical (unpaired) electrons. The third kappa shape index (κ3) is 3.52. The number of thiazole rings is 2. The van der Waals surface area contributed by atoms with Gasteiger partial charge in [0.05, 0.1) is 16.3 Å². The highest BCUT2D eigenvalue weighted by molar-refractivity contribution is 7.16. The fraction of sp³-hybridized carbons (Fsp3) is 0.538. The molecule has 0 amide bonds. The van der Waals surface area contributed by atoms with E-state index in [0.29, 0.717) is 0 Å². The summed E-state index contributed by atoms with van der Waals surface area (Å²) in [6, 6.07) is 0. The van der Waals surface area contributed by atoms with Crippen LogP contribution in [-0.4, -0.2) is 36.0 Å². The molecule has 2 aromatic heterocycles. The molecule has 6 heteroatoms. The van der Waals surface area contributed by atoms with Crippen molar-refractivity contribution in [3.05, 3.63) is 16.1 Å². The molecule has 1 N–H and O–H groups in total. The van der Waals surface area contributed by atoms with Crippen LogP contribution in [0, 0.1) is 0 Å². The lowest BCUT2D eigenvalue weighted by molar-refractivity contribution is 0.401. The molecule has 4 nitrogen and oxygen atoms in total. The van der Waals surface area contributed by atoms with E-state index >= 15 is 0 Å². The Bertz CT molecular complexity index is 530. The summed E-state index contributed by atoms with van der Waals surface area (Å²) < 4.78 is 0. The van der Waals surface area contributed by atoms with Crippen molar-refractivity contribution in [2.45, 2.75) is 26.3 Å². The lowest BCUT2D eigenvalue weighted by Crippen LogP contribution is -2.10. The smallest absolute Gasteiger partial charge is 0.182 e. The van der Waals surface area contributed by atoms with Crippen molar-refractivity contribution in [2.24, 2.45) is 0 Å². The van der Waals surface area contributed by atoms with Crippen LogP contribution < -0.4 is 5.32 Å². The number of hydrogen-bond acceptors (Lipinski definition) is 6. The summed E-state index contributed by atoms with van der Waals surface area (Å²) in [7, 11) is 6.05. The molecule has 2 rings (SSSR count). The number of nitrogens with one attached hydrogen (secondary N) is 1. The molecule has 2 aromatic rings. The van der Waals surface area contributed by atoms with E-state index in [1.54, 1.807) is 22.7 Å². The Morgan fingerprint density at radius 1 is 1.32 bits per heavy atom. The quantitative estimate of drug-likeness (QED) is 0.888. The number of hydrogen-bond donors (Lipinski definition) is 1. The van der Waals surface area contributed by atoms with Gasteiger partial charge in [0.25, 0.3) is 0 Å². The zero-order chi connectivity index (χ0) is 13.8. The minimum absolute atomic E-state index is 0.893. The summed E-state index contributed by atoms with van der Waals surface area (Å²) in [5.41, 5.74) is 2.25. The zero-order valence-corrected chi connectivity index (χ0v) is 13.5. The minimum Gasteiger partial charge on any atom is -0.365 e. The Balaban J connectivity index is 2.33. The minimum atomic E-state index is 0.893. The van der Waals surface area contributed by atoms with Crippen LogP contribution in [0.2, 0.25) is 0 Å². The number of nitrogens with zero attached hydrogens (tertiary/aromatic N) is 3. The summed E-state index contributed by atoms with van der Waals surface area (Å²) in [4.78, 5) is 12.8. The van der Waals surface area contributed by atoms with Crippen molar-refractivity contribution < 1.29 is 0 Å². The molecule has 0 aliphatic heterocycles. The van der Waals surface area contributed by atoms with Crippen LogP contribution in [-0.2, 0) is 13.0 Å². The van der Waals surface area contributed by atoms with E-state index in [2.05, 4.69) is 41.6 Å². The van der Waals surface area contributed by atoms with Gasteiger partial charge in [-0.3, -0.25) is 0 Å². The zero-order valence-electron chi connectivity index (χ0n) is 11.9. The van der Waals surface area contributed by atoms with Crippen LogP contribution in [0.4, 0.5) is 5.13 Å². The number of anilines is 1. The first kappa shape index (κ1) is 14.4. The Hall–Kier alpha value is -0.980. The Kier molecular flexibility index (Phi) is 4.90. The van der Waals surface area contributed by atoms with Crippen molar-refractivity contribution in [1.29, 1.82) is 0 Å². The van der Waals surface area contributed by atoms with E-state index in [0.717, 1.165) is 30.2 Å². The molecule has 0 bridgehead atoms. The molecular formula is C13H20N4S2. The highest BCUT2D eigenvalue weighted by Gasteiger charge is 2.15. The summed E-state index contributed by atoms with van der Waals surface area (Å²) in [5.74, 6) is 0. The van der Waals surface area contributed by atoms with Gasteiger partial charge in [-0.05, 0) is 20.5 Å². The fourth-order valence-electron chi connectivity index (χ4n) is 1.84. The van der Waals surface area contributed by atoms with Gasteiger partial charge in [0.1, 0.15) is 5.01 Å². The molecule has 0 aliphatic rings. The lowest BCUT2D eigenvalue weighted by atomic mass is 10.2. The molecule has 0 aromatic carbocycles. The van der Waals surface area contributed by atoms with Gasteiger partial charge in [0.15, 0.2) is 5.13 Å². The van der Waals surface area contributed by atoms with E-state index in [1.807, 2.05) is 7.05 Å². The first-order valence-electron chi connectivity index (χ1n) is 6.41. The largest absolute Gasteiger partial charge is 0.365 e. The average Bonchev–Trinajstić information content (AvgIpc) is 2.95. The Labute approximate surface area is 122 Å². The monoisotopic (exact) mass is 296 g/mol. The van der Waals surface area contributed by atoms with E-state index in [-0.39, 0.29) is 0 Å². The van der Waals surface area contributed by atoms with Crippen LogP contribution in [0.1, 0.15) is 24.0 Å². The molecule has 0 unspecified atom stereocenters. The number of aryl methyl sites for hydroxylation is 1. The predicted molar refractivity (Wildman–Crippen MR) is 84.2 cm³/mol. The van der Waals surface area contributed by atoms with Crippen LogP contribution in [0.5, 0.6) is 0 Å². The molecule has 0 atom stereocenters. The second kappa shape index (κ2) is 6.45. The Morgan fingerprint density at radius 2 is 2.11 bits per heavy atom. The lowest BCUT2D eigenvalue weighted by Gasteiger charge is -2.04. The summed E-state index contributed by atoms with van der Waals surface area (Å²) >= 11 is 3.41. The second-order valence-electron chi connectivity index (χ2n) is 4.66. The molecule has 0 spiro atoms. The van der Waals surface area contributed by atoms with Crippen molar-refractivity contribution in [2.75, 3.05) is 26.5 Å². The van der Waals surface area contributed by atoms with Gasteiger partial charge in [-0.25, -0.2) is 9.97 Å². The van der Waals surface area contributed by atoms with E-state index in [4.69, 9.17) is 4.98 Å². The number of aromatic nitrogens is 2. The highest BCUT2D eigenvalue weighted by Crippen LogP contribution is 2.33. The van der Waals surface area contributed by atoms with Crippen molar-refractivity contribution in [3.63, 3.8) is 0 Å². The second-order valence-corrected chi connectivity index (χ2v) is 6.60. The molecule has 2 heterocycles. The summed E-state index contributed by atoms with van der Waals surface area (Å²) in [6.45, 7) is 3.08. The van der Waals surface area contributed by atoms with Gasteiger partial charge in [-0.15, -0.1) is 22.7 Å². The van der Waals surface area contributed by atoms with Crippen molar-refractivity contribution in [1.82, 2.24) is 14.9 Å². The third-order valence-electron chi connectivity index (χ3n) is 2.63. The summed E-state index contributed by atoms with van der Waals surface area (Å²) in [5, 5.41) is 7.33. The molecule has 104 valence electrons. The maximum atomic E-state index is 4.77. The van der Waals surface area contributed by atoms with Crippen molar-refractivity contribution in [3.8, 4) is 10.6 Å². The van der Waals surface area contributed by atoms with Crippen LogP contribution in [0.3, 0.4) is 0 Å². The normalized spacial score (nSPS) is 11.2. The maximum Gasteiger partial charge on any atom is 0.182 e. The molecular weight excluding hydrogens is 276 g/mol. The fourth-order valence-corrected chi connectivity index (χ4v) is 3.76. The van der Waals surface area contributed by atoms with E-state index < -0.39 is 0 Å². The first-order chi connectivity index (χ1) is 9.13. The van der Waals surface area contributed by atoms with E-state index in [9.17, 15) is 0 Å². The topological polar surface area (TPSA) is 41.1 Å². The SMILES string of the molecule is CCCc1nc(CN(C)C)sc1-c1csc(NC)n1. The van der Waals surface area contributed by atoms with Crippen LogP contribution in [0.15, 0.2) is 5.38 Å². The summed E-state index contributed by atoms with van der Waals surface area (Å²) in [6.07, 6.45) is 2.13. The molecule has 0 saturated carbocycles. The standard InChI is InChI=1S/C13H20N4S2/c1-5-6-9-12(10-8-18-13(14-2)16-10)19-11(15-9)7-17(3)4/h8H,5-7H2,1-4H3,(H,14,16). The van der Waals surface area contributed by atoms with Crippen LogP contribution in [0.25, 0.3) is 10.6 Å². The van der Waals surface area contributed by atoms with Gasteiger partial charge >= 0.3 is 0 Å². The van der Waals surface area contributed by atoms with Gasteiger partial charge in [0, 0.05) is 19.0 Å². The van der Waals surface area contributed by atoms with Crippen molar-refractivity contribution >= 4 is 27.8 Å². The predicted octanol–water partition coefficient (Wildman–Crippen LogP) is 3.32. The molecule has 0 saturated heterocycles. The van der Waals surface area contributed by atoms with Crippen LogP contribution >= 0.6 is 22.7 Å². The van der Waals surface area contributed by atoms with Gasteiger partial charge in [-0.2, -0.15) is 0 Å². The van der Waals surface area contributed by atoms with Gasteiger partial charge < -0.3 is 10.2 Å². The maximum absolute atomic E-state index is 4.77. The van der Waals surface area contributed by atoms with Gasteiger partial charge in [-0.1, -0.05) is 13.3 Å². The Morgan fingerprint density at radius 3 is 2.68 bits per heavy atom. The molecule has 19 heavy (non-hydrogen) atoms. The molecule has 0 aliphatic carbocycles. The third-order valence-corrected chi connectivity index (χ3v) is 4.60.